The van der Waals surface area contributed by atoms with E-state index in [2.05, 4.69) is 15.9 Å². The standard InChI is InChI=1S/C14H18BrFO2/c1-5-18-13(17)14(4,9(2)3)11-8-10(15)6-7-12(11)16/h6-9H,5H2,1-4H3. The normalized spacial score (nSPS) is 14.4. The van der Waals surface area contributed by atoms with Gasteiger partial charge < -0.3 is 4.74 Å². The summed E-state index contributed by atoms with van der Waals surface area (Å²) in [7, 11) is 0. The Morgan fingerprint density at radius 2 is 2.11 bits per heavy atom. The van der Waals surface area contributed by atoms with Crippen LogP contribution >= 0.6 is 15.9 Å². The zero-order valence-corrected chi connectivity index (χ0v) is 12.7. The number of rotatable bonds is 4. The average molecular weight is 317 g/mol. The van der Waals surface area contributed by atoms with E-state index in [1.807, 2.05) is 13.8 Å². The number of hydrogen-bond donors (Lipinski definition) is 0. The Kier molecular flexibility index (Phi) is 4.91. The van der Waals surface area contributed by atoms with Crippen LogP contribution in [0.2, 0.25) is 0 Å². The van der Waals surface area contributed by atoms with E-state index in [1.54, 1.807) is 26.0 Å². The van der Waals surface area contributed by atoms with Crippen molar-refractivity contribution in [1.82, 2.24) is 0 Å². The summed E-state index contributed by atoms with van der Waals surface area (Å²) in [6, 6.07) is 4.62. The molecular weight excluding hydrogens is 299 g/mol. The van der Waals surface area contributed by atoms with E-state index in [0.29, 0.717) is 5.56 Å². The lowest BCUT2D eigenvalue weighted by Gasteiger charge is -2.32. The molecule has 0 N–H and O–H groups in total. The number of benzene rings is 1. The molecule has 1 aromatic rings. The first-order valence-corrected chi connectivity index (χ1v) is 6.76. The van der Waals surface area contributed by atoms with Crippen molar-refractivity contribution in [2.24, 2.45) is 5.92 Å². The molecule has 1 unspecified atom stereocenters. The third-order valence-electron chi connectivity index (χ3n) is 3.34. The van der Waals surface area contributed by atoms with Crippen LogP contribution in [-0.4, -0.2) is 12.6 Å². The molecular formula is C14H18BrFO2. The van der Waals surface area contributed by atoms with Crippen LogP contribution in [0, 0.1) is 11.7 Å². The van der Waals surface area contributed by atoms with Gasteiger partial charge in [0.1, 0.15) is 5.82 Å². The molecule has 0 aromatic heterocycles. The van der Waals surface area contributed by atoms with Crippen molar-refractivity contribution >= 4 is 21.9 Å². The molecule has 0 amide bonds. The minimum absolute atomic E-state index is 0.0691. The van der Waals surface area contributed by atoms with Gasteiger partial charge in [0.15, 0.2) is 0 Å². The van der Waals surface area contributed by atoms with Gasteiger partial charge in [0, 0.05) is 10.0 Å². The average Bonchev–Trinajstić information content (AvgIpc) is 2.31. The molecule has 0 fully saturated rings. The highest BCUT2D eigenvalue weighted by atomic mass is 79.9. The highest BCUT2D eigenvalue weighted by Gasteiger charge is 2.42. The molecule has 2 nitrogen and oxygen atoms in total. The van der Waals surface area contributed by atoms with E-state index < -0.39 is 11.4 Å². The summed E-state index contributed by atoms with van der Waals surface area (Å²) in [5.41, 5.74) is -0.616. The minimum Gasteiger partial charge on any atom is -0.465 e. The van der Waals surface area contributed by atoms with Gasteiger partial charge in [-0.15, -0.1) is 0 Å². The van der Waals surface area contributed by atoms with E-state index >= 15 is 0 Å². The maximum atomic E-state index is 14.0. The van der Waals surface area contributed by atoms with E-state index in [-0.39, 0.29) is 18.3 Å². The molecule has 100 valence electrons. The van der Waals surface area contributed by atoms with Crippen molar-refractivity contribution in [3.8, 4) is 0 Å². The van der Waals surface area contributed by atoms with Gasteiger partial charge in [0.2, 0.25) is 0 Å². The minimum atomic E-state index is -0.982. The Labute approximate surface area is 116 Å². The molecule has 0 heterocycles. The summed E-state index contributed by atoms with van der Waals surface area (Å²) in [6.07, 6.45) is 0. The van der Waals surface area contributed by atoms with Gasteiger partial charge in [-0.3, -0.25) is 4.79 Å². The SMILES string of the molecule is CCOC(=O)C(C)(c1cc(Br)ccc1F)C(C)C. The van der Waals surface area contributed by atoms with Crippen molar-refractivity contribution in [1.29, 1.82) is 0 Å². The third kappa shape index (κ3) is 2.74. The lowest BCUT2D eigenvalue weighted by Crippen LogP contribution is -2.40. The molecule has 0 saturated carbocycles. The van der Waals surface area contributed by atoms with Crippen molar-refractivity contribution < 1.29 is 13.9 Å². The van der Waals surface area contributed by atoms with Crippen LogP contribution in [0.15, 0.2) is 22.7 Å². The summed E-state index contributed by atoms with van der Waals surface area (Å²) in [6.45, 7) is 7.53. The Morgan fingerprint density at radius 3 is 2.61 bits per heavy atom. The lowest BCUT2D eigenvalue weighted by atomic mass is 9.73. The zero-order chi connectivity index (χ0) is 13.9. The predicted molar refractivity (Wildman–Crippen MR) is 72.9 cm³/mol. The predicted octanol–water partition coefficient (Wildman–Crippen LogP) is 4.07. The molecule has 0 radical (unpaired) electrons. The Morgan fingerprint density at radius 1 is 1.50 bits per heavy atom. The van der Waals surface area contributed by atoms with Crippen molar-refractivity contribution in [2.75, 3.05) is 6.61 Å². The van der Waals surface area contributed by atoms with Crippen LogP contribution in [0.3, 0.4) is 0 Å². The molecule has 0 aliphatic heterocycles. The van der Waals surface area contributed by atoms with Crippen LogP contribution in [0.4, 0.5) is 4.39 Å². The molecule has 0 saturated heterocycles. The van der Waals surface area contributed by atoms with Crippen LogP contribution in [0.5, 0.6) is 0 Å². The number of ether oxygens (including phenoxy) is 1. The summed E-state index contributed by atoms with van der Waals surface area (Å²) < 4.78 is 19.8. The van der Waals surface area contributed by atoms with Gasteiger partial charge in [-0.05, 0) is 38.0 Å². The van der Waals surface area contributed by atoms with Gasteiger partial charge in [0.05, 0.1) is 12.0 Å². The Balaban J connectivity index is 3.35. The van der Waals surface area contributed by atoms with Gasteiger partial charge in [-0.25, -0.2) is 4.39 Å². The molecule has 4 heteroatoms. The molecule has 18 heavy (non-hydrogen) atoms. The van der Waals surface area contributed by atoms with Crippen LogP contribution in [0.1, 0.15) is 33.3 Å². The Hall–Kier alpha value is -0.900. The highest BCUT2D eigenvalue weighted by molar-refractivity contribution is 9.10. The monoisotopic (exact) mass is 316 g/mol. The number of halogens is 2. The van der Waals surface area contributed by atoms with E-state index in [9.17, 15) is 9.18 Å². The second-order valence-electron chi connectivity index (χ2n) is 4.70. The fourth-order valence-corrected chi connectivity index (χ4v) is 2.19. The summed E-state index contributed by atoms with van der Waals surface area (Å²) in [4.78, 5) is 12.2. The molecule has 1 rings (SSSR count). The quantitative estimate of drug-likeness (QED) is 0.783. The first-order chi connectivity index (χ1) is 8.33. The number of hydrogen-bond acceptors (Lipinski definition) is 2. The van der Waals surface area contributed by atoms with Crippen LogP contribution in [-0.2, 0) is 14.9 Å². The van der Waals surface area contributed by atoms with Crippen LogP contribution < -0.4 is 0 Å². The van der Waals surface area contributed by atoms with E-state index in [1.165, 1.54) is 6.07 Å². The summed E-state index contributed by atoms with van der Waals surface area (Å²) in [5, 5.41) is 0. The maximum Gasteiger partial charge on any atom is 0.316 e. The fraction of sp³-hybridized carbons (Fsp3) is 0.500. The van der Waals surface area contributed by atoms with Crippen molar-refractivity contribution in [3.63, 3.8) is 0 Å². The fourth-order valence-electron chi connectivity index (χ4n) is 1.83. The summed E-state index contributed by atoms with van der Waals surface area (Å²) >= 11 is 3.31. The first kappa shape index (κ1) is 15.2. The van der Waals surface area contributed by atoms with Gasteiger partial charge in [-0.1, -0.05) is 29.8 Å². The first-order valence-electron chi connectivity index (χ1n) is 5.96. The largest absolute Gasteiger partial charge is 0.465 e. The van der Waals surface area contributed by atoms with Crippen LogP contribution in [0.25, 0.3) is 0 Å². The molecule has 0 spiro atoms. The third-order valence-corrected chi connectivity index (χ3v) is 3.84. The van der Waals surface area contributed by atoms with Gasteiger partial charge in [-0.2, -0.15) is 0 Å². The number of carbonyl (C=O) groups excluding carboxylic acids is 1. The lowest BCUT2D eigenvalue weighted by molar-refractivity contribution is -0.151. The van der Waals surface area contributed by atoms with Crippen molar-refractivity contribution in [2.45, 2.75) is 33.1 Å². The van der Waals surface area contributed by atoms with Crippen molar-refractivity contribution in [3.05, 3.63) is 34.1 Å². The topological polar surface area (TPSA) is 26.3 Å². The second kappa shape index (κ2) is 5.83. The molecule has 0 bridgehead atoms. The molecule has 1 aromatic carbocycles. The van der Waals surface area contributed by atoms with Gasteiger partial charge in [0.25, 0.3) is 0 Å². The van der Waals surface area contributed by atoms with E-state index in [4.69, 9.17) is 4.74 Å². The Bertz CT molecular complexity index is 445. The smallest absolute Gasteiger partial charge is 0.316 e. The van der Waals surface area contributed by atoms with Gasteiger partial charge >= 0.3 is 5.97 Å². The second-order valence-corrected chi connectivity index (χ2v) is 5.62. The molecule has 0 aliphatic carbocycles. The molecule has 1 atom stereocenters. The molecule has 0 aliphatic rings. The van der Waals surface area contributed by atoms with E-state index in [0.717, 1.165) is 4.47 Å². The number of esters is 1. The number of carbonyl (C=O) groups is 1. The summed E-state index contributed by atoms with van der Waals surface area (Å²) in [5.74, 6) is -0.847. The highest BCUT2D eigenvalue weighted by Crippen LogP contribution is 2.36. The maximum absolute atomic E-state index is 14.0. The zero-order valence-electron chi connectivity index (χ0n) is 11.1.